The van der Waals surface area contributed by atoms with Crippen molar-refractivity contribution in [3.63, 3.8) is 0 Å². The summed E-state index contributed by atoms with van der Waals surface area (Å²) in [7, 11) is 0. The fourth-order valence-corrected chi connectivity index (χ4v) is 4.52. The van der Waals surface area contributed by atoms with Crippen LogP contribution in [-0.2, 0) is 0 Å². The molecule has 0 bridgehead atoms. The van der Waals surface area contributed by atoms with Crippen molar-refractivity contribution in [1.29, 1.82) is 0 Å². The molecule has 27 heavy (non-hydrogen) atoms. The number of fused-ring (bicyclic) bond motifs is 1. The molecule has 2 aromatic carbocycles. The van der Waals surface area contributed by atoms with Gasteiger partial charge >= 0.3 is 6.61 Å². The van der Waals surface area contributed by atoms with Gasteiger partial charge in [-0.1, -0.05) is 18.2 Å². The summed E-state index contributed by atoms with van der Waals surface area (Å²) in [5, 5.41) is 1.12. The molecular formula is C20H18F2N2O2S. The molecule has 0 radical (unpaired) electrons. The van der Waals surface area contributed by atoms with Crippen molar-refractivity contribution >= 4 is 27.5 Å². The minimum atomic E-state index is -2.90. The van der Waals surface area contributed by atoms with Crippen LogP contribution in [0.1, 0.15) is 34.1 Å². The predicted molar refractivity (Wildman–Crippen MR) is 101 cm³/mol. The molecule has 4 rings (SSSR count). The van der Waals surface area contributed by atoms with E-state index in [9.17, 15) is 13.6 Å². The van der Waals surface area contributed by atoms with Crippen LogP contribution in [0.5, 0.6) is 5.75 Å². The SMILES string of the molecule is O=C(c1cccc(OC(F)F)c1)N1CCC(c2nc3ccccc3s2)CC1. The number of para-hydroxylation sites is 1. The number of carbonyl (C=O) groups excluding carboxylic acids is 1. The number of amides is 1. The van der Waals surface area contributed by atoms with Crippen LogP contribution >= 0.6 is 11.3 Å². The Hall–Kier alpha value is -2.54. The lowest BCUT2D eigenvalue weighted by molar-refractivity contribution is -0.0499. The Morgan fingerprint density at radius 2 is 1.93 bits per heavy atom. The Morgan fingerprint density at radius 3 is 2.67 bits per heavy atom. The van der Waals surface area contributed by atoms with Crippen molar-refractivity contribution in [1.82, 2.24) is 9.88 Å². The number of nitrogens with zero attached hydrogens (tertiary/aromatic N) is 2. The van der Waals surface area contributed by atoms with Crippen LogP contribution in [-0.4, -0.2) is 35.5 Å². The molecule has 1 amide bonds. The lowest BCUT2D eigenvalue weighted by Crippen LogP contribution is -2.37. The summed E-state index contributed by atoms with van der Waals surface area (Å²) >= 11 is 1.72. The van der Waals surface area contributed by atoms with Crippen molar-refractivity contribution in [2.75, 3.05) is 13.1 Å². The number of ether oxygens (including phenoxy) is 1. The Balaban J connectivity index is 1.42. The number of alkyl halides is 2. The summed E-state index contributed by atoms with van der Waals surface area (Å²) in [6.45, 7) is -1.65. The average Bonchev–Trinajstić information content (AvgIpc) is 3.11. The largest absolute Gasteiger partial charge is 0.435 e. The maximum absolute atomic E-state index is 12.7. The lowest BCUT2D eigenvalue weighted by Gasteiger charge is -2.31. The number of hydrogen-bond donors (Lipinski definition) is 0. The maximum Gasteiger partial charge on any atom is 0.387 e. The molecule has 1 aliphatic rings. The van der Waals surface area contributed by atoms with Crippen LogP contribution in [0.2, 0.25) is 0 Å². The summed E-state index contributed by atoms with van der Waals surface area (Å²) < 4.78 is 30.3. The van der Waals surface area contributed by atoms with E-state index in [1.165, 1.54) is 16.8 Å². The van der Waals surface area contributed by atoms with E-state index in [1.807, 2.05) is 18.2 Å². The molecule has 0 saturated carbocycles. The van der Waals surface area contributed by atoms with Crippen molar-refractivity contribution in [3.8, 4) is 5.75 Å². The number of benzene rings is 2. The highest BCUT2D eigenvalue weighted by Crippen LogP contribution is 2.34. The molecule has 0 aliphatic carbocycles. The Labute approximate surface area is 159 Å². The number of thiazole rings is 1. The van der Waals surface area contributed by atoms with Crippen molar-refractivity contribution in [2.45, 2.75) is 25.4 Å². The number of aromatic nitrogens is 1. The molecule has 1 aliphatic heterocycles. The van der Waals surface area contributed by atoms with Gasteiger partial charge in [0.05, 0.1) is 15.2 Å². The zero-order valence-corrected chi connectivity index (χ0v) is 15.3. The molecule has 7 heteroatoms. The van der Waals surface area contributed by atoms with E-state index in [-0.39, 0.29) is 11.7 Å². The van der Waals surface area contributed by atoms with Gasteiger partial charge in [-0.2, -0.15) is 8.78 Å². The van der Waals surface area contributed by atoms with Crippen LogP contribution in [0.3, 0.4) is 0 Å². The Bertz CT molecular complexity index is 919. The third-order valence-electron chi connectivity index (χ3n) is 4.75. The van der Waals surface area contributed by atoms with E-state index in [4.69, 9.17) is 4.98 Å². The van der Waals surface area contributed by atoms with Crippen LogP contribution in [0.4, 0.5) is 8.78 Å². The molecule has 2 heterocycles. The van der Waals surface area contributed by atoms with Crippen LogP contribution in [0.15, 0.2) is 48.5 Å². The van der Waals surface area contributed by atoms with Crippen molar-refractivity contribution in [2.24, 2.45) is 0 Å². The van der Waals surface area contributed by atoms with E-state index in [0.717, 1.165) is 23.4 Å². The van der Waals surface area contributed by atoms with Gasteiger partial charge in [-0.3, -0.25) is 4.79 Å². The fraction of sp³-hybridized carbons (Fsp3) is 0.300. The molecule has 0 atom stereocenters. The molecular weight excluding hydrogens is 370 g/mol. The molecule has 0 spiro atoms. The van der Waals surface area contributed by atoms with Gasteiger partial charge in [0, 0.05) is 24.6 Å². The van der Waals surface area contributed by atoms with Gasteiger partial charge < -0.3 is 9.64 Å². The first kappa shape index (κ1) is 17.9. The molecule has 4 nitrogen and oxygen atoms in total. The summed E-state index contributed by atoms with van der Waals surface area (Å²) in [5.41, 5.74) is 1.39. The average molecular weight is 388 g/mol. The first-order valence-electron chi connectivity index (χ1n) is 8.80. The second-order valence-corrected chi connectivity index (χ2v) is 7.55. The van der Waals surface area contributed by atoms with Crippen molar-refractivity contribution < 1.29 is 18.3 Å². The van der Waals surface area contributed by atoms with E-state index in [2.05, 4.69) is 10.8 Å². The number of hydrogen-bond acceptors (Lipinski definition) is 4. The molecule has 1 aromatic heterocycles. The lowest BCUT2D eigenvalue weighted by atomic mass is 9.97. The third-order valence-corrected chi connectivity index (χ3v) is 5.95. The summed E-state index contributed by atoms with van der Waals surface area (Å²) in [6.07, 6.45) is 1.69. The normalized spacial score (nSPS) is 15.4. The van der Waals surface area contributed by atoms with Gasteiger partial charge in [-0.05, 0) is 43.2 Å². The number of likely N-dealkylation sites (tertiary alicyclic amines) is 1. The van der Waals surface area contributed by atoms with Crippen molar-refractivity contribution in [3.05, 3.63) is 59.1 Å². The van der Waals surface area contributed by atoms with Crippen LogP contribution in [0, 0.1) is 0 Å². The number of carbonyl (C=O) groups is 1. The van der Waals surface area contributed by atoms with E-state index in [0.29, 0.717) is 24.6 Å². The minimum absolute atomic E-state index is 0.000196. The summed E-state index contributed by atoms with van der Waals surface area (Å²) in [6, 6.07) is 14.1. The fourth-order valence-electron chi connectivity index (χ4n) is 3.38. The number of piperidine rings is 1. The first-order valence-corrected chi connectivity index (χ1v) is 9.61. The quantitative estimate of drug-likeness (QED) is 0.637. The van der Waals surface area contributed by atoms with Gasteiger partial charge in [0.2, 0.25) is 0 Å². The monoisotopic (exact) mass is 388 g/mol. The highest BCUT2D eigenvalue weighted by atomic mass is 32.1. The molecule has 0 N–H and O–H groups in total. The smallest absolute Gasteiger partial charge is 0.387 e. The van der Waals surface area contributed by atoms with Gasteiger partial charge in [0.1, 0.15) is 5.75 Å². The number of halogens is 2. The third kappa shape index (κ3) is 3.93. The maximum atomic E-state index is 12.7. The highest BCUT2D eigenvalue weighted by Gasteiger charge is 2.26. The van der Waals surface area contributed by atoms with Crippen LogP contribution in [0.25, 0.3) is 10.2 Å². The standard InChI is InChI=1S/C20H18F2N2O2S/c21-20(22)26-15-5-3-4-14(12-15)19(25)24-10-8-13(9-11-24)18-23-16-6-1-2-7-17(16)27-18/h1-7,12-13,20H,8-11H2. The van der Waals surface area contributed by atoms with Gasteiger partial charge in [0.15, 0.2) is 0 Å². The van der Waals surface area contributed by atoms with Gasteiger partial charge in [-0.25, -0.2) is 4.98 Å². The Kier molecular flexibility index (Phi) is 5.03. The molecule has 3 aromatic rings. The van der Waals surface area contributed by atoms with E-state index in [1.54, 1.807) is 28.4 Å². The molecule has 140 valence electrons. The topological polar surface area (TPSA) is 42.4 Å². The molecule has 1 fully saturated rings. The van der Waals surface area contributed by atoms with E-state index >= 15 is 0 Å². The van der Waals surface area contributed by atoms with Gasteiger partial charge in [-0.15, -0.1) is 11.3 Å². The summed E-state index contributed by atoms with van der Waals surface area (Å²) in [5.74, 6) is 0.192. The van der Waals surface area contributed by atoms with E-state index < -0.39 is 6.61 Å². The number of rotatable bonds is 4. The first-order chi connectivity index (χ1) is 13.1. The predicted octanol–water partition coefficient (Wildman–Crippen LogP) is 4.92. The second-order valence-electron chi connectivity index (χ2n) is 6.49. The zero-order valence-electron chi connectivity index (χ0n) is 14.5. The molecule has 0 unspecified atom stereocenters. The second kappa shape index (κ2) is 7.60. The van der Waals surface area contributed by atoms with Crippen LogP contribution < -0.4 is 4.74 Å². The minimum Gasteiger partial charge on any atom is -0.435 e. The van der Waals surface area contributed by atoms with Gasteiger partial charge in [0.25, 0.3) is 5.91 Å². The molecule has 1 saturated heterocycles. The summed E-state index contributed by atoms with van der Waals surface area (Å²) in [4.78, 5) is 19.2. The Morgan fingerprint density at radius 1 is 1.15 bits per heavy atom. The highest BCUT2D eigenvalue weighted by molar-refractivity contribution is 7.18. The zero-order chi connectivity index (χ0) is 18.8.